The highest BCUT2D eigenvalue weighted by molar-refractivity contribution is 5.86. The molecule has 0 fully saturated rings. The normalized spacial score (nSPS) is 11.8. The molecule has 0 aromatic rings. The minimum absolute atomic E-state index is 0.566. The molecule has 0 aromatic carbocycles. The summed E-state index contributed by atoms with van der Waals surface area (Å²) in [4.78, 5) is 61.5. The number of aliphatic carboxylic acids is 4. The van der Waals surface area contributed by atoms with Gasteiger partial charge in [0.2, 0.25) is 11.8 Å². The van der Waals surface area contributed by atoms with Gasteiger partial charge < -0.3 is 31.1 Å². The van der Waals surface area contributed by atoms with Crippen LogP contribution in [0.1, 0.15) is 26.7 Å². The topological polar surface area (TPSA) is 207 Å². The zero-order valence-corrected chi connectivity index (χ0v) is 12.8. The van der Waals surface area contributed by atoms with Crippen molar-refractivity contribution in [2.75, 3.05) is 0 Å². The third kappa shape index (κ3) is 13.8. The van der Waals surface area contributed by atoms with E-state index in [0.717, 1.165) is 13.8 Å². The van der Waals surface area contributed by atoms with E-state index in [1.807, 2.05) is 10.6 Å². The molecule has 0 heterocycles. The molecule has 0 rings (SSSR count). The molecule has 12 heteroatoms. The molecule has 0 unspecified atom stereocenters. The largest absolute Gasteiger partial charge is 0.481 e. The van der Waals surface area contributed by atoms with E-state index in [-0.39, 0.29) is 0 Å². The summed E-state index contributed by atoms with van der Waals surface area (Å²) >= 11 is 0. The van der Waals surface area contributed by atoms with Crippen LogP contribution in [-0.2, 0) is 28.8 Å². The summed E-state index contributed by atoms with van der Waals surface area (Å²) in [6.07, 6.45) is -1.23. The smallest absolute Gasteiger partial charge is 0.326 e. The third-order valence-corrected chi connectivity index (χ3v) is 2.11. The van der Waals surface area contributed by atoms with Crippen LogP contribution in [0.3, 0.4) is 0 Å². The van der Waals surface area contributed by atoms with Gasteiger partial charge in [0.05, 0.1) is 12.8 Å². The summed E-state index contributed by atoms with van der Waals surface area (Å²) in [7, 11) is 0. The maximum absolute atomic E-state index is 10.4. The van der Waals surface area contributed by atoms with E-state index in [2.05, 4.69) is 0 Å². The van der Waals surface area contributed by atoms with E-state index >= 15 is 0 Å². The van der Waals surface area contributed by atoms with E-state index in [4.69, 9.17) is 20.4 Å². The highest BCUT2D eigenvalue weighted by atomic mass is 16.4. The summed E-state index contributed by atoms with van der Waals surface area (Å²) in [5.41, 5.74) is 0. The van der Waals surface area contributed by atoms with Crippen LogP contribution in [0.25, 0.3) is 0 Å². The fourth-order valence-corrected chi connectivity index (χ4v) is 1.24. The molecule has 136 valence electrons. The Hall–Kier alpha value is -3.18. The van der Waals surface area contributed by atoms with Crippen LogP contribution in [0, 0.1) is 0 Å². The number of carboxylic acids is 4. The first-order valence-electron chi connectivity index (χ1n) is 6.30. The second-order valence-electron chi connectivity index (χ2n) is 4.38. The molecule has 24 heavy (non-hydrogen) atoms. The molecule has 0 radical (unpaired) electrons. The average molecular weight is 350 g/mol. The van der Waals surface area contributed by atoms with Gasteiger partial charge in [0.25, 0.3) is 0 Å². The monoisotopic (exact) mass is 350 g/mol. The Labute approximate surface area is 135 Å². The van der Waals surface area contributed by atoms with Crippen LogP contribution in [0.4, 0.5) is 0 Å². The first kappa shape index (κ1) is 23.1. The fraction of sp³-hybridized carbons (Fsp3) is 0.500. The molecule has 0 saturated carbocycles. The number of carbonyl (C=O) groups is 6. The molecule has 0 aromatic heterocycles. The highest BCUT2D eigenvalue weighted by Crippen LogP contribution is 1.92. The van der Waals surface area contributed by atoms with Crippen LogP contribution in [0.2, 0.25) is 0 Å². The molecular formula is C12H18N2O10. The summed E-state index contributed by atoms with van der Waals surface area (Å²) in [6, 6.07) is -2.69. The van der Waals surface area contributed by atoms with Crippen molar-refractivity contribution in [1.29, 1.82) is 0 Å². The molecule has 0 aliphatic rings. The van der Waals surface area contributed by atoms with Crippen molar-refractivity contribution in [3.63, 3.8) is 0 Å². The molecule has 12 nitrogen and oxygen atoms in total. The molecule has 0 bridgehead atoms. The second kappa shape index (κ2) is 11.4. The Morgan fingerprint density at radius 1 is 0.667 bits per heavy atom. The minimum Gasteiger partial charge on any atom is -0.481 e. The predicted octanol–water partition coefficient (Wildman–Crippen LogP) is -1.90. The molecule has 2 atom stereocenters. The lowest BCUT2D eigenvalue weighted by Gasteiger charge is -2.09. The van der Waals surface area contributed by atoms with E-state index < -0.39 is 60.6 Å². The first-order chi connectivity index (χ1) is 10.9. The van der Waals surface area contributed by atoms with Crippen molar-refractivity contribution in [2.45, 2.75) is 38.8 Å². The zero-order valence-electron chi connectivity index (χ0n) is 12.8. The Balaban J connectivity index is 0. The van der Waals surface area contributed by atoms with Gasteiger partial charge in [-0.2, -0.15) is 0 Å². The van der Waals surface area contributed by atoms with Crippen molar-refractivity contribution in [2.24, 2.45) is 0 Å². The maximum atomic E-state index is 10.4. The van der Waals surface area contributed by atoms with Gasteiger partial charge in [-0.05, 0) is 0 Å². The van der Waals surface area contributed by atoms with Gasteiger partial charge in [-0.3, -0.25) is 19.2 Å². The Bertz CT molecular complexity index is 438. The lowest BCUT2D eigenvalue weighted by Crippen LogP contribution is -2.41. The van der Waals surface area contributed by atoms with Crippen molar-refractivity contribution in [3.05, 3.63) is 0 Å². The lowest BCUT2D eigenvalue weighted by molar-refractivity contribution is -0.147. The van der Waals surface area contributed by atoms with Crippen LogP contribution < -0.4 is 10.6 Å². The summed E-state index contributed by atoms with van der Waals surface area (Å²) in [5.74, 6) is -6.38. The van der Waals surface area contributed by atoms with Gasteiger partial charge in [0.1, 0.15) is 12.1 Å². The summed E-state index contributed by atoms with van der Waals surface area (Å²) in [5, 5.41) is 37.2. The van der Waals surface area contributed by atoms with Crippen molar-refractivity contribution >= 4 is 35.7 Å². The SMILES string of the molecule is CC(=O)N[C@@H](CC(=O)O)C(=O)O.CC(=O)N[C@@H](CC(=O)O)C(=O)O. The number of carbonyl (C=O) groups excluding carboxylic acids is 2. The van der Waals surface area contributed by atoms with Crippen LogP contribution in [0.15, 0.2) is 0 Å². The van der Waals surface area contributed by atoms with Crippen molar-refractivity contribution in [3.8, 4) is 0 Å². The molecule has 0 aliphatic carbocycles. The predicted molar refractivity (Wildman–Crippen MR) is 75.0 cm³/mol. The Kier molecular flexibility index (Phi) is 11.0. The quantitative estimate of drug-likeness (QED) is 0.286. The van der Waals surface area contributed by atoms with Crippen molar-refractivity contribution < 1.29 is 49.2 Å². The number of hydrogen-bond donors (Lipinski definition) is 6. The van der Waals surface area contributed by atoms with E-state index in [0.29, 0.717) is 0 Å². The number of nitrogens with one attached hydrogen (secondary N) is 2. The van der Waals surface area contributed by atoms with Gasteiger partial charge in [0, 0.05) is 13.8 Å². The standard InChI is InChI=1S/2C6H9NO5/c2*1-3(8)7-4(6(11)12)2-5(9)10/h2*4H,2H2,1H3,(H,7,8)(H,9,10)(H,11,12)/t2*4-/m00/s1. The number of rotatable bonds is 8. The number of amides is 2. The van der Waals surface area contributed by atoms with Crippen LogP contribution >= 0.6 is 0 Å². The van der Waals surface area contributed by atoms with Gasteiger partial charge in [-0.1, -0.05) is 0 Å². The molecule has 0 spiro atoms. The summed E-state index contributed by atoms with van der Waals surface area (Å²) in [6.45, 7) is 2.25. The van der Waals surface area contributed by atoms with Crippen LogP contribution in [0.5, 0.6) is 0 Å². The third-order valence-electron chi connectivity index (χ3n) is 2.11. The van der Waals surface area contributed by atoms with Crippen LogP contribution in [-0.4, -0.2) is 68.2 Å². The number of carboxylic acid groups (broad SMARTS) is 4. The number of hydrogen-bond acceptors (Lipinski definition) is 6. The zero-order chi connectivity index (χ0) is 19.4. The van der Waals surface area contributed by atoms with E-state index in [9.17, 15) is 28.8 Å². The Morgan fingerprint density at radius 2 is 0.917 bits per heavy atom. The fourth-order valence-electron chi connectivity index (χ4n) is 1.24. The highest BCUT2D eigenvalue weighted by Gasteiger charge is 2.21. The second-order valence-corrected chi connectivity index (χ2v) is 4.38. The molecule has 2 amide bonds. The van der Waals surface area contributed by atoms with E-state index in [1.165, 1.54) is 0 Å². The molecule has 6 N–H and O–H groups in total. The van der Waals surface area contributed by atoms with Crippen molar-refractivity contribution in [1.82, 2.24) is 10.6 Å². The molecule has 0 saturated heterocycles. The maximum Gasteiger partial charge on any atom is 0.326 e. The molecule has 0 aliphatic heterocycles. The minimum atomic E-state index is -1.35. The van der Waals surface area contributed by atoms with Gasteiger partial charge in [-0.25, -0.2) is 9.59 Å². The molecular weight excluding hydrogens is 332 g/mol. The summed E-state index contributed by atoms with van der Waals surface area (Å²) < 4.78 is 0. The Morgan fingerprint density at radius 3 is 1.04 bits per heavy atom. The van der Waals surface area contributed by atoms with Gasteiger partial charge in [-0.15, -0.1) is 0 Å². The average Bonchev–Trinajstić information content (AvgIpc) is 2.35. The first-order valence-corrected chi connectivity index (χ1v) is 6.30. The van der Waals surface area contributed by atoms with E-state index in [1.54, 1.807) is 0 Å². The lowest BCUT2D eigenvalue weighted by atomic mass is 10.2. The van der Waals surface area contributed by atoms with Gasteiger partial charge >= 0.3 is 23.9 Å². The van der Waals surface area contributed by atoms with Gasteiger partial charge in [0.15, 0.2) is 0 Å².